The van der Waals surface area contributed by atoms with Crippen molar-refractivity contribution in [2.45, 2.75) is 19.9 Å². The van der Waals surface area contributed by atoms with Crippen LogP contribution in [0.25, 0.3) is 0 Å². The molecule has 0 aromatic heterocycles. The molecule has 1 rings (SSSR count). The van der Waals surface area contributed by atoms with Crippen molar-refractivity contribution in [2.24, 2.45) is 11.5 Å². The van der Waals surface area contributed by atoms with Gasteiger partial charge in [-0.25, -0.2) is 0 Å². The first-order valence-electron chi connectivity index (χ1n) is 5.19. The molecule has 1 unspecified atom stereocenters. The molecule has 4 nitrogen and oxygen atoms in total. The lowest BCUT2D eigenvalue weighted by Gasteiger charge is -2.13. The van der Waals surface area contributed by atoms with Crippen molar-refractivity contribution in [3.8, 4) is 0 Å². The van der Waals surface area contributed by atoms with Gasteiger partial charge in [0.2, 0.25) is 5.91 Å². The molecule has 0 spiro atoms. The van der Waals surface area contributed by atoms with Crippen molar-refractivity contribution >= 4 is 5.91 Å². The molecule has 1 aromatic carbocycles. The Hall–Kier alpha value is -1.39. The third-order valence-corrected chi connectivity index (χ3v) is 2.50. The number of primary amides is 1. The van der Waals surface area contributed by atoms with Gasteiger partial charge >= 0.3 is 0 Å². The highest BCUT2D eigenvalue weighted by atomic mass is 16.5. The zero-order valence-electron chi connectivity index (χ0n) is 9.69. The van der Waals surface area contributed by atoms with Crippen LogP contribution in [0.1, 0.15) is 22.7 Å². The van der Waals surface area contributed by atoms with Gasteiger partial charge in [-0.1, -0.05) is 18.2 Å². The lowest BCUT2D eigenvalue weighted by Crippen LogP contribution is -2.23. The summed E-state index contributed by atoms with van der Waals surface area (Å²) in [6.45, 7) is 4.30. The number of carbonyl (C=O) groups is 1. The number of rotatable bonds is 5. The Morgan fingerprint density at radius 1 is 1.38 bits per heavy atom. The van der Waals surface area contributed by atoms with Crippen molar-refractivity contribution in [3.63, 3.8) is 0 Å². The topological polar surface area (TPSA) is 78.3 Å². The van der Waals surface area contributed by atoms with Crippen LogP contribution in [-0.2, 0) is 9.53 Å². The van der Waals surface area contributed by atoms with Crippen LogP contribution in [0.2, 0.25) is 0 Å². The molecule has 0 bridgehead atoms. The number of carbonyl (C=O) groups excluding carboxylic acids is 1. The monoisotopic (exact) mass is 222 g/mol. The highest BCUT2D eigenvalue weighted by molar-refractivity contribution is 5.74. The maximum Gasteiger partial charge on any atom is 0.243 e. The summed E-state index contributed by atoms with van der Waals surface area (Å²) < 4.78 is 5.08. The van der Waals surface area contributed by atoms with Crippen LogP contribution in [0.15, 0.2) is 18.2 Å². The molecule has 1 atom stereocenters. The van der Waals surface area contributed by atoms with E-state index in [1.165, 1.54) is 11.1 Å². The number of hydrogen-bond acceptors (Lipinski definition) is 3. The van der Waals surface area contributed by atoms with E-state index in [1.54, 1.807) is 0 Å². The molecule has 16 heavy (non-hydrogen) atoms. The number of benzene rings is 1. The second kappa shape index (κ2) is 5.63. The van der Waals surface area contributed by atoms with Crippen LogP contribution in [-0.4, -0.2) is 19.1 Å². The molecule has 88 valence electrons. The second-order valence-electron chi connectivity index (χ2n) is 3.93. The lowest BCUT2D eigenvalue weighted by molar-refractivity contribution is -0.122. The van der Waals surface area contributed by atoms with Crippen molar-refractivity contribution in [1.29, 1.82) is 0 Å². The fraction of sp³-hybridized carbons (Fsp3) is 0.417. The summed E-state index contributed by atoms with van der Waals surface area (Å²) in [5, 5.41) is 0. The summed E-state index contributed by atoms with van der Waals surface area (Å²) in [6.07, 6.45) is 0. The molecule has 0 aliphatic heterocycles. The Labute approximate surface area is 95.6 Å². The van der Waals surface area contributed by atoms with Crippen LogP contribution in [0.3, 0.4) is 0 Å². The zero-order chi connectivity index (χ0) is 12.1. The summed E-state index contributed by atoms with van der Waals surface area (Å²) in [5.41, 5.74) is 14.3. The number of aryl methyl sites for hydroxylation is 2. The predicted molar refractivity (Wildman–Crippen MR) is 62.9 cm³/mol. The van der Waals surface area contributed by atoms with E-state index >= 15 is 0 Å². The van der Waals surface area contributed by atoms with Crippen molar-refractivity contribution in [2.75, 3.05) is 13.2 Å². The number of ether oxygens (including phenoxy) is 1. The molecule has 0 saturated carbocycles. The van der Waals surface area contributed by atoms with E-state index in [-0.39, 0.29) is 12.6 Å². The molecule has 0 radical (unpaired) electrons. The molecule has 4 heteroatoms. The van der Waals surface area contributed by atoms with Crippen molar-refractivity contribution < 1.29 is 9.53 Å². The fourth-order valence-corrected chi connectivity index (χ4v) is 1.38. The number of hydrogen-bond donors (Lipinski definition) is 2. The summed E-state index contributed by atoms with van der Waals surface area (Å²) >= 11 is 0. The first-order chi connectivity index (χ1) is 7.50. The fourth-order valence-electron chi connectivity index (χ4n) is 1.38. The summed E-state index contributed by atoms with van der Waals surface area (Å²) in [5.74, 6) is -0.479. The maximum atomic E-state index is 10.5. The van der Waals surface area contributed by atoms with Gasteiger partial charge in [-0.2, -0.15) is 0 Å². The van der Waals surface area contributed by atoms with Gasteiger partial charge in [0.05, 0.1) is 12.6 Å². The van der Waals surface area contributed by atoms with Gasteiger partial charge in [-0.05, 0) is 30.5 Å². The van der Waals surface area contributed by atoms with Gasteiger partial charge in [0.25, 0.3) is 0 Å². The Balaban J connectivity index is 2.55. The maximum absolute atomic E-state index is 10.5. The molecule has 0 saturated heterocycles. The standard InChI is InChI=1S/C12H18N2O2/c1-8-3-4-10(5-9(8)2)11(13)6-16-7-12(14)15/h3-5,11H,6-7,13H2,1-2H3,(H2,14,15). The minimum atomic E-state index is -0.479. The van der Waals surface area contributed by atoms with E-state index in [2.05, 4.69) is 0 Å². The third-order valence-electron chi connectivity index (χ3n) is 2.50. The minimum absolute atomic E-state index is 0.0848. The van der Waals surface area contributed by atoms with Crippen LogP contribution in [0, 0.1) is 13.8 Å². The molecule has 0 fully saturated rings. The van der Waals surface area contributed by atoms with Gasteiger partial charge < -0.3 is 16.2 Å². The first kappa shape index (κ1) is 12.7. The molecule has 0 heterocycles. The minimum Gasteiger partial charge on any atom is -0.370 e. The molecular weight excluding hydrogens is 204 g/mol. The third kappa shape index (κ3) is 3.64. The van der Waals surface area contributed by atoms with Gasteiger partial charge in [0, 0.05) is 0 Å². The lowest BCUT2D eigenvalue weighted by atomic mass is 10.0. The molecular formula is C12H18N2O2. The Kier molecular flexibility index (Phi) is 4.46. The molecule has 0 aliphatic carbocycles. The number of nitrogens with two attached hydrogens (primary N) is 2. The molecule has 1 amide bonds. The quantitative estimate of drug-likeness (QED) is 0.773. The van der Waals surface area contributed by atoms with Gasteiger partial charge in [0.1, 0.15) is 6.61 Å². The highest BCUT2D eigenvalue weighted by Crippen LogP contribution is 2.15. The van der Waals surface area contributed by atoms with Crippen LogP contribution < -0.4 is 11.5 Å². The average Bonchev–Trinajstić information content (AvgIpc) is 2.21. The van der Waals surface area contributed by atoms with Crippen LogP contribution in [0.4, 0.5) is 0 Å². The largest absolute Gasteiger partial charge is 0.370 e. The highest BCUT2D eigenvalue weighted by Gasteiger charge is 2.07. The summed E-state index contributed by atoms with van der Waals surface area (Å²) in [7, 11) is 0. The van der Waals surface area contributed by atoms with E-state index < -0.39 is 5.91 Å². The van der Waals surface area contributed by atoms with E-state index in [1.807, 2.05) is 32.0 Å². The van der Waals surface area contributed by atoms with Gasteiger partial charge in [-0.3, -0.25) is 4.79 Å². The Morgan fingerprint density at radius 2 is 2.06 bits per heavy atom. The van der Waals surface area contributed by atoms with E-state index in [4.69, 9.17) is 16.2 Å². The smallest absolute Gasteiger partial charge is 0.243 e. The Bertz CT molecular complexity index is 377. The Morgan fingerprint density at radius 3 is 2.62 bits per heavy atom. The molecule has 0 aliphatic rings. The normalized spacial score (nSPS) is 12.4. The van der Waals surface area contributed by atoms with Crippen molar-refractivity contribution in [1.82, 2.24) is 0 Å². The summed E-state index contributed by atoms with van der Waals surface area (Å²) in [4.78, 5) is 10.5. The average molecular weight is 222 g/mol. The van der Waals surface area contributed by atoms with E-state index in [9.17, 15) is 4.79 Å². The predicted octanol–water partition coefficient (Wildman–Crippen LogP) is 0.805. The SMILES string of the molecule is Cc1ccc(C(N)COCC(N)=O)cc1C. The van der Waals surface area contributed by atoms with Crippen LogP contribution >= 0.6 is 0 Å². The van der Waals surface area contributed by atoms with Gasteiger partial charge in [0.15, 0.2) is 0 Å². The van der Waals surface area contributed by atoms with Crippen LogP contribution in [0.5, 0.6) is 0 Å². The molecule has 4 N–H and O–H groups in total. The zero-order valence-corrected chi connectivity index (χ0v) is 9.69. The van der Waals surface area contributed by atoms with Gasteiger partial charge in [-0.15, -0.1) is 0 Å². The summed E-state index contributed by atoms with van der Waals surface area (Å²) in [6, 6.07) is 5.81. The van der Waals surface area contributed by atoms with E-state index in [0.717, 1.165) is 5.56 Å². The second-order valence-corrected chi connectivity index (χ2v) is 3.93. The van der Waals surface area contributed by atoms with Crippen molar-refractivity contribution in [3.05, 3.63) is 34.9 Å². The molecule has 1 aromatic rings. The van der Waals surface area contributed by atoms with E-state index in [0.29, 0.717) is 6.61 Å². The number of amides is 1. The first-order valence-corrected chi connectivity index (χ1v) is 5.19.